The number of aromatic nitrogens is 2. The number of carbonyl (C=O) groups excluding carboxylic acids is 3. The number of nitrogens with zero attached hydrogens (tertiary/aromatic N) is 1. The summed E-state index contributed by atoms with van der Waals surface area (Å²) in [7, 11) is 1.25. The van der Waals surface area contributed by atoms with Crippen molar-refractivity contribution in [1.82, 2.24) is 9.55 Å². The van der Waals surface area contributed by atoms with Crippen molar-refractivity contribution in [2.24, 2.45) is 0 Å². The normalized spacial score (nSPS) is 12.0. The van der Waals surface area contributed by atoms with E-state index < -0.39 is 36.1 Å². The third kappa shape index (κ3) is 3.71. The summed E-state index contributed by atoms with van der Waals surface area (Å²) in [4.78, 5) is 51.7. The Hall–Kier alpha value is -3.62. The first-order chi connectivity index (χ1) is 13.7. The molecule has 0 fully saturated rings. The van der Waals surface area contributed by atoms with Gasteiger partial charge in [-0.3, -0.25) is 14.2 Å². The van der Waals surface area contributed by atoms with Crippen molar-refractivity contribution >= 4 is 28.8 Å². The van der Waals surface area contributed by atoms with E-state index in [0.717, 1.165) is 4.57 Å². The van der Waals surface area contributed by atoms with Gasteiger partial charge >= 0.3 is 17.7 Å². The zero-order chi connectivity index (χ0) is 21.3. The van der Waals surface area contributed by atoms with E-state index in [2.05, 4.69) is 4.98 Å². The van der Waals surface area contributed by atoms with Gasteiger partial charge < -0.3 is 18.9 Å². The maximum absolute atomic E-state index is 12.7. The predicted molar refractivity (Wildman–Crippen MR) is 102 cm³/mol. The minimum absolute atomic E-state index is 0.161. The van der Waals surface area contributed by atoms with Crippen molar-refractivity contribution in [3.8, 4) is 0 Å². The lowest BCUT2D eigenvalue weighted by Gasteiger charge is -2.12. The first-order valence-corrected chi connectivity index (χ1v) is 8.84. The summed E-state index contributed by atoms with van der Waals surface area (Å²) in [5.74, 6) is -2.53. The van der Waals surface area contributed by atoms with Crippen LogP contribution in [-0.4, -0.2) is 40.5 Å². The van der Waals surface area contributed by atoms with Crippen LogP contribution in [0, 0.1) is 13.8 Å². The number of nitrogens with one attached hydrogen (secondary N) is 1. The Morgan fingerprint density at radius 2 is 1.90 bits per heavy atom. The molecule has 3 rings (SSSR count). The van der Waals surface area contributed by atoms with Crippen molar-refractivity contribution in [3.05, 3.63) is 57.3 Å². The number of H-pyrrole nitrogens is 1. The van der Waals surface area contributed by atoms with Gasteiger partial charge in [-0.2, -0.15) is 0 Å². The number of benzene rings is 1. The Morgan fingerprint density at radius 1 is 1.21 bits per heavy atom. The molecule has 0 aliphatic heterocycles. The SMILES string of the molecule is COC(=O)c1c(C)[nH]c(C(=O)C(C)OC(=O)Cn2c(=O)oc3ccccc32)c1C. The first-order valence-electron chi connectivity index (χ1n) is 8.84. The van der Waals surface area contributed by atoms with Crippen LogP contribution >= 0.6 is 0 Å². The van der Waals surface area contributed by atoms with Gasteiger partial charge in [0, 0.05) is 5.69 Å². The van der Waals surface area contributed by atoms with E-state index in [0.29, 0.717) is 22.4 Å². The molecular formula is C20H20N2O7. The monoisotopic (exact) mass is 400 g/mol. The third-order valence-electron chi connectivity index (χ3n) is 4.61. The minimum Gasteiger partial charge on any atom is -0.465 e. The molecule has 29 heavy (non-hydrogen) atoms. The Kier molecular flexibility index (Phi) is 5.40. The van der Waals surface area contributed by atoms with Crippen LogP contribution in [-0.2, 0) is 20.8 Å². The molecule has 152 valence electrons. The van der Waals surface area contributed by atoms with E-state index >= 15 is 0 Å². The molecule has 1 atom stereocenters. The van der Waals surface area contributed by atoms with E-state index in [-0.39, 0.29) is 11.3 Å². The molecule has 2 aromatic heterocycles. The molecule has 3 aromatic rings. The molecule has 0 radical (unpaired) electrons. The van der Waals surface area contributed by atoms with Crippen LogP contribution in [0.1, 0.15) is 39.0 Å². The average molecular weight is 400 g/mol. The number of hydrogen-bond donors (Lipinski definition) is 1. The largest absolute Gasteiger partial charge is 0.465 e. The number of ketones is 1. The second-order valence-corrected chi connectivity index (χ2v) is 6.53. The van der Waals surface area contributed by atoms with Crippen LogP contribution in [0.15, 0.2) is 33.5 Å². The highest BCUT2D eigenvalue weighted by molar-refractivity contribution is 6.03. The lowest BCUT2D eigenvalue weighted by molar-refractivity contribution is -0.147. The summed E-state index contributed by atoms with van der Waals surface area (Å²) >= 11 is 0. The number of methoxy groups -OCH3 is 1. The number of fused-ring (bicyclic) bond motifs is 1. The standard InChI is InChI=1S/C20H20N2O7/c1-10-16(19(25)27-4)11(2)21-17(10)18(24)12(3)28-15(23)9-22-13-7-5-6-8-14(13)29-20(22)26/h5-8,12,21H,9H2,1-4H3. The molecule has 9 nitrogen and oxygen atoms in total. The smallest absolute Gasteiger partial charge is 0.420 e. The molecule has 0 amide bonds. The highest BCUT2D eigenvalue weighted by Crippen LogP contribution is 2.21. The Balaban J connectivity index is 1.76. The van der Waals surface area contributed by atoms with Gasteiger partial charge in [-0.25, -0.2) is 9.59 Å². The molecule has 0 bridgehead atoms. The van der Waals surface area contributed by atoms with Crippen molar-refractivity contribution in [3.63, 3.8) is 0 Å². The Bertz CT molecular complexity index is 1170. The summed E-state index contributed by atoms with van der Waals surface area (Å²) in [5.41, 5.74) is 2.13. The summed E-state index contributed by atoms with van der Waals surface area (Å²) in [6.07, 6.45) is -1.13. The predicted octanol–water partition coefficient (Wildman–Crippen LogP) is 2.14. The Morgan fingerprint density at radius 3 is 2.59 bits per heavy atom. The summed E-state index contributed by atoms with van der Waals surface area (Å²) in [5, 5.41) is 0. The number of rotatable bonds is 6. The quantitative estimate of drug-likeness (QED) is 0.497. The topological polar surface area (TPSA) is 121 Å². The van der Waals surface area contributed by atoms with Gasteiger partial charge in [0.05, 0.1) is 23.9 Å². The minimum atomic E-state index is -1.13. The van der Waals surface area contributed by atoms with E-state index in [1.807, 2.05) is 0 Å². The molecule has 0 spiro atoms. The number of carbonyl (C=O) groups is 3. The van der Waals surface area contributed by atoms with Crippen LogP contribution < -0.4 is 5.76 Å². The number of hydrogen-bond acceptors (Lipinski definition) is 7. The number of oxazole rings is 1. The number of esters is 2. The van der Waals surface area contributed by atoms with Crippen LogP contribution in [0.5, 0.6) is 0 Å². The number of Topliss-reactive ketones (excluding diaryl/α,β-unsaturated/α-hetero) is 1. The molecule has 0 aliphatic carbocycles. The molecule has 1 aromatic carbocycles. The zero-order valence-electron chi connectivity index (χ0n) is 16.4. The van der Waals surface area contributed by atoms with Gasteiger partial charge in [-0.1, -0.05) is 12.1 Å². The van der Waals surface area contributed by atoms with E-state index in [9.17, 15) is 19.2 Å². The molecule has 0 saturated carbocycles. The highest BCUT2D eigenvalue weighted by Gasteiger charge is 2.27. The average Bonchev–Trinajstić information content (AvgIpc) is 3.16. The fourth-order valence-corrected chi connectivity index (χ4v) is 3.19. The summed E-state index contributed by atoms with van der Waals surface area (Å²) < 4.78 is 16.1. The zero-order valence-corrected chi connectivity index (χ0v) is 16.4. The van der Waals surface area contributed by atoms with Crippen molar-refractivity contribution in [2.45, 2.75) is 33.4 Å². The fraction of sp³-hybridized carbons (Fsp3) is 0.300. The lowest BCUT2D eigenvalue weighted by atomic mass is 10.1. The fourth-order valence-electron chi connectivity index (χ4n) is 3.19. The van der Waals surface area contributed by atoms with E-state index in [1.165, 1.54) is 14.0 Å². The van der Waals surface area contributed by atoms with Gasteiger partial charge in [-0.15, -0.1) is 0 Å². The maximum atomic E-state index is 12.7. The van der Waals surface area contributed by atoms with E-state index in [4.69, 9.17) is 13.9 Å². The van der Waals surface area contributed by atoms with Crippen LogP contribution in [0.2, 0.25) is 0 Å². The van der Waals surface area contributed by atoms with Gasteiger partial charge in [0.25, 0.3) is 0 Å². The van der Waals surface area contributed by atoms with Crippen LogP contribution in [0.4, 0.5) is 0 Å². The third-order valence-corrected chi connectivity index (χ3v) is 4.61. The number of ether oxygens (including phenoxy) is 2. The van der Waals surface area contributed by atoms with Crippen molar-refractivity contribution < 1.29 is 28.3 Å². The van der Waals surface area contributed by atoms with Gasteiger partial charge in [0.15, 0.2) is 11.7 Å². The first kappa shape index (κ1) is 20.1. The lowest BCUT2D eigenvalue weighted by Crippen LogP contribution is -2.29. The molecular weight excluding hydrogens is 380 g/mol. The number of aryl methyl sites for hydroxylation is 1. The van der Waals surface area contributed by atoms with Gasteiger partial charge in [-0.05, 0) is 38.5 Å². The van der Waals surface area contributed by atoms with Crippen LogP contribution in [0.3, 0.4) is 0 Å². The number of aromatic amines is 1. The van der Waals surface area contributed by atoms with Crippen molar-refractivity contribution in [1.29, 1.82) is 0 Å². The number of para-hydroxylation sites is 2. The summed E-state index contributed by atoms with van der Waals surface area (Å²) in [6, 6.07) is 6.67. The Labute approximate surface area is 165 Å². The second kappa shape index (κ2) is 7.78. The molecule has 1 unspecified atom stereocenters. The molecule has 9 heteroatoms. The second-order valence-electron chi connectivity index (χ2n) is 6.53. The van der Waals surface area contributed by atoms with Crippen molar-refractivity contribution in [2.75, 3.05) is 7.11 Å². The van der Waals surface area contributed by atoms with E-state index in [1.54, 1.807) is 38.1 Å². The van der Waals surface area contributed by atoms with Crippen LogP contribution in [0.25, 0.3) is 11.1 Å². The molecule has 1 N–H and O–H groups in total. The molecule has 0 saturated heterocycles. The highest BCUT2D eigenvalue weighted by atomic mass is 16.5. The maximum Gasteiger partial charge on any atom is 0.420 e. The molecule has 2 heterocycles. The van der Waals surface area contributed by atoms with Gasteiger partial charge in [0.2, 0.25) is 5.78 Å². The van der Waals surface area contributed by atoms with Gasteiger partial charge in [0.1, 0.15) is 6.54 Å². The molecule has 0 aliphatic rings. The summed E-state index contributed by atoms with van der Waals surface area (Å²) in [6.45, 7) is 4.27.